The predicted octanol–water partition coefficient (Wildman–Crippen LogP) is 4.41. The van der Waals surface area contributed by atoms with E-state index in [4.69, 9.17) is 23.2 Å². The molecular formula is C13H17Cl2NS. The van der Waals surface area contributed by atoms with Crippen LogP contribution in [0.1, 0.15) is 19.4 Å². The first kappa shape index (κ1) is 13.4. The number of hydrogen-bond acceptors (Lipinski definition) is 2. The third kappa shape index (κ3) is 3.04. The minimum absolute atomic E-state index is 0.516. The monoisotopic (exact) mass is 289 g/mol. The molecule has 1 aliphatic rings. The van der Waals surface area contributed by atoms with Gasteiger partial charge in [-0.3, -0.25) is 0 Å². The molecule has 0 saturated carbocycles. The number of para-hydroxylation sites is 1. The van der Waals surface area contributed by atoms with Crippen molar-refractivity contribution in [3.8, 4) is 0 Å². The van der Waals surface area contributed by atoms with Crippen molar-refractivity contribution in [3.63, 3.8) is 0 Å². The Morgan fingerprint density at radius 1 is 1.29 bits per heavy atom. The first-order valence-electron chi connectivity index (χ1n) is 5.85. The second kappa shape index (κ2) is 5.73. The van der Waals surface area contributed by atoms with Gasteiger partial charge in [-0.15, -0.1) is 11.6 Å². The summed E-state index contributed by atoms with van der Waals surface area (Å²) in [5.41, 5.74) is 2.26. The van der Waals surface area contributed by atoms with Crippen LogP contribution in [0.15, 0.2) is 18.2 Å². The molecular weight excluding hydrogens is 273 g/mol. The molecule has 0 aromatic heterocycles. The van der Waals surface area contributed by atoms with Crippen molar-refractivity contribution in [2.24, 2.45) is 0 Å². The molecule has 1 heterocycles. The molecule has 2 rings (SSSR count). The largest absolute Gasteiger partial charge is 0.368 e. The van der Waals surface area contributed by atoms with E-state index in [2.05, 4.69) is 24.8 Å². The lowest BCUT2D eigenvalue weighted by molar-refractivity contribution is 0.726. The number of anilines is 1. The van der Waals surface area contributed by atoms with Gasteiger partial charge in [0, 0.05) is 29.5 Å². The van der Waals surface area contributed by atoms with Crippen molar-refractivity contribution >= 4 is 40.7 Å². The first-order valence-corrected chi connectivity index (χ1v) is 7.71. The molecule has 0 aliphatic carbocycles. The normalized spacial score (nSPS) is 25.1. The van der Waals surface area contributed by atoms with Gasteiger partial charge in [0.15, 0.2) is 0 Å². The van der Waals surface area contributed by atoms with Crippen molar-refractivity contribution in [1.29, 1.82) is 0 Å². The van der Waals surface area contributed by atoms with Crippen LogP contribution < -0.4 is 4.90 Å². The Hall–Kier alpha value is -0.0500. The van der Waals surface area contributed by atoms with E-state index in [1.807, 2.05) is 23.9 Å². The van der Waals surface area contributed by atoms with Gasteiger partial charge in [-0.1, -0.05) is 37.6 Å². The zero-order valence-corrected chi connectivity index (χ0v) is 12.4. The van der Waals surface area contributed by atoms with Crippen LogP contribution in [0.5, 0.6) is 0 Å². The Morgan fingerprint density at radius 3 is 2.53 bits per heavy atom. The number of rotatable bonds is 2. The number of hydrogen-bond donors (Lipinski definition) is 0. The van der Waals surface area contributed by atoms with E-state index in [9.17, 15) is 0 Å². The number of benzene rings is 1. The summed E-state index contributed by atoms with van der Waals surface area (Å²) in [7, 11) is 0. The van der Waals surface area contributed by atoms with Crippen LogP contribution in [0.2, 0.25) is 5.02 Å². The van der Waals surface area contributed by atoms with Crippen molar-refractivity contribution in [3.05, 3.63) is 28.8 Å². The molecule has 1 nitrogen and oxygen atoms in total. The molecule has 0 radical (unpaired) electrons. The predicted molar refractivity (Wildman–Crippen MR) is 79.7 cm³/mol. The van der Waals surface area contributed by atoms with Gasteiger partial charge in [0.1, 0.15) is 0 Å². The fraction of sp³-hybridized carbons (Fsp3) is 0.538. The van der Waals surface area contributed by atoms with E-state index < -0.39 is 0 Å². The maximum Gasteiger partial charge on any atom is 0.0642 e. The Kier molecular flexibility index (Phi) is 4.51. The van der Waals surface area contributed by atoms with Crippen LogP contribution in [-0.4, -0.2) is 23.6 Å². The molecule has 1 aliphatic heterocycles. The highest BCUT2D eigenvalue weighted by Crippen LogP contribution is 2.35. The van der Waals surface area contributed by atoms with Gasteiger partial charge < -0.3 is 4.90 Å². The second-order valence-corrected chi connectivity index (χ2v) is 7.10. The average molecular weight is 290 g/mol. The standard InChI is InChI=1S/C13H17Cl2NS/c1-9-7-16(8-10(2)17-9)13-11(6-14)4-3-5-12(13)15/h3-5,9-10H,6-8H2,1-2H3. The van der Waals surface area contributed by atoms with E-state index in [-0.39, 0.29) is 0 Å². The van der Waals surface area contributed by atoms with E-state index >= 15 is 0 Å². The SMILES string of the molecule is CC1CN(c2c(Cl)cccc2CCl)CC(C)S1. The zero-order valence-electron chi connectivity index (χ0n) is 10.1. The number of halogens is 2. The summed E-state index contributed by atoms with van der Waals surface area (Å²) >= 11 is 14.4. The quantitative estimate of drug-likeness (QED) is 0.742. The van der Waals surface area contributed by atoms with Crippen molar-refractivity contribution in [2.45, 2.75) is 30.2 Å². The highest BCUT2D eigenvalue weighted by Gasteiger charge is 2.25. The highest BCUT2D eigenvalue weighted by molar-refractivity contribution is 8.00. The smallest absolute Gasteiger partial charge is 0.0642 e. The van der Waals surface area contributed by atoms with Gasteiger partial charge in [-0.05, 0) is 11.6 Å². The third-order valence-electron chi connectivity index (χ3n) is 2.95. The minimum Gasteiger partial charge on any atom is -0.368 e. The molecule has 1 aromatic carbocycles. The number of thioether (sulfide) groups is 1. The number of alkyl halides is 1. The molecule has 1 aromatic rings. The summed E-state index contributed by atoms with van der Waals surface area (Å²) < 4.78 is 0. The lowest BCUT2D eigenvalue weighted by Gasteiger charge is -2.37. The summed E-state index contributed by atoms with van der Waals surface area (Å²) in [6, 6.07) is 5.98. The minimum atomic E-state index is 0.516. The fourth-order valence-corrected chi connectivity index (χ4v) is 4.24. The summed E-state index contributed by atoms with van der Waals surface area (Å²) in [4.78, 5) is 2.38. The number of nitrogens with zero attached hydrogens (tertiary/aromatic N) is 1. The molecule has 4 heteroatoms. The van der Waals surface area contributed by atoms with Crippen LogP contribution in [-0.2, 0) is 5.88 Å². The summed E-state index contributed by atoms with van der Waals surface area (Å²) in [6.07, 6.45) is 0. The second-order valence-electron chi connectivity index (χ2n) is 4.54. The molecule has 0 N–H and O–H groups in total. The molecule has 0 amide bonds. The van der Waals surface area contributed by atoms with E-state index in [1.165, 1.54) is 0 Å². The summed E-state index contributed by atoms with van der Waals surface area (Å²) in [5, 5.41) is 2.09. The van der Waals surface area contributed by atoms with Gasteiger partial charge in [0.25, 0.3) is 0 Å². The summed E-state index contributed by atoms with van der Waals surface area (Å²) in [6.45, 7) is 6.63. The molecule has 0 spiro atoms. The highest BCUT2D eigenvalue weighted by atomic mass is 35.5. The molecule has 0 bridgehead atoms. The van der Waals surface area contributed by atoms with Gasteiger partial charge in [-0.2, -0.15) is 11.8 Å². The van der Waals surface area contributed by atoms with Crippen LogP contribution in [0, 0.1) is 0 Å². The van der Waals surface area contributed by atoms with Crippen molar-refractivity contribution in [1.82, 2.24) is 0 Å². The summed E-state index contributed by atoms with van der Waals surface area (Å²) in [5.74, 6) is 0.516. The van der Waals surface area contributed by atoms with Crippen LogP contribution >= 0.6 is 35.0 Å². The van der Waals surface area contributed by atoms with Crippen molar-refractivity contribution in [2.75, 3.05) is 18.0 Å². The zero-order chi connectivity index (χ0) is 12.4. The van der Waals surface area contributed by atoms with Gasteiger partial charge >= 0.3 is 0 Å². The molecule has 1 saturated heterocycles. The molecule has 94 valence electrons. The lowest BCUT2D eigenvalue weighted by Crippen LogP contribution is -2.41. The lowest BCUT2D eigenvalue weighted by atomic mass is 10.1. The van der Waals surface area contributed by atoms with Gasteiger partial charge in [0.05, 0.1) is 10.7 Å². The van der Waals surface area contributed by atoms with Crippen LogP contribution in [0.4, 0.5) is 5.69 Å². The van der Waals surface area contributed by atoms with E-state index in [0.29, 0.717) is 16.4 Å². The van der Waals surface area contributed by atoms with Crippen molar-refractivity contribution < 1.29 is 0 Å². The Balaban J connectivity index is 2.32. The third-order valence-corrected chi connectivity index (χ3v) is 4.77. The molecule has 1 fully saturated rings. The molecule has 2 unspecified atom stereocenters. The van der Waals surface area contributed by atoms with Crippen LogP contribution in [0.25, 0.3) is 0 Å². The van der Waals surface area contributed by atoms with Gasteiger partial charge in [-0.25, -0.2) is 0 Å². The fourth-order valence-electron chi connectivity index (χ4n) is 2.38. The van der Waals surface area contributed by atoms with Gasteiger partial charge in [0.2, 0.25) is 0 Å². The maximum absolute atomic E-state index is 6.33. The Morgan fingerprint density at radius 2 is 1.94 bits per heavy atom. The topological polar surface area (TPSA) is 3.24 Å². The van der Waals surface area contributed by atoms with E-state index in [1.54, 1.807) is 0 Å². The maximum atomic E-state index is 6.33. The Bertz CT molecular complexity index is 387. The van der Waals surface area contributed by atoms with E-state index in [0.717, 1.165) is 29.4 Å². The first-order chi connectivity index (χ1) is 8.11. The van der Waals surface area contributed by atoms with Crippen LogP contribution in [0.3, 0.4) is 0 Å². The molecule has 2 atom stereocenters. The Labute approximate surface area is 117 Å². The molecule has 17 heavy (non-hydrogen) atoms. The average Bonchev–Trinajstić information content (AvgIpc) is 2.27.